The van der Waals surface area contributed by atoms with Gasteiger partial charge in [0.25, 0.3) is 0 Å². The monoisotopic (exact) mass is 303 g/mol. The van der Waals surface area contributed by atoms with Crippen molar-refractivity contribution in [2.24, 2.45) is 0 Å². The molecule has 0 bridgehead atoms. The molecule has 2 saturated heterocycles. The Morgan fingerprint density at radius 2 is 1.95 bits per heavy atom. The first-order valence-electron chi connectivity index (χ1n) is 8.12. The van der Waals surface area contributed by atoms with E-state index in [0.717, 1.165) is 30.1 Å². The fourth-order valence-electron chi connectivity index (χ4n) is 3.23. The van der Waals surface area contributed by atoms with Crippen LogP contribution in [0, 0.1) is 6.92 Å². The molecule has 0 aromatic heterocycles. The zero-order valence-electron chi connectivity index (χ0n) is 13.5. The molecule has 0 saturated carbocycles. The van der Waals surface area contributed by atoms with Gasteiger partial charge in [0.05, 0.1) is 7.11 Å². The summed E-state index contributed by atoms with van der Waals surface area (Å²) < 4.78 is 5.19. The summed E-state index contributed by atoms with van der Waals surface area (Å²) in [6, 6.07) is 6.26. The first kappa shape index (κ1) is 15.2. The van der Waals surface area contributed by atoms with Crippen molar-refractivity contribution in [3.05, 3.63) is 23.8 Å². The minimum Gasteiger partial charge on any atom is -0.497 e. The summed E-state index contributed by atoms with van der Waals surface area (Å²) in [7, 11) is 1.65. The number of nitrogens with zero attached hydrogens (tertiary/aromatic N) is 2. The number of nitrogens with one attached hydrogen (secondary N) is 1. The molecule has 1 aromatic carbocycles. The molecule has 5 nitrogen and oxygen atoms in total. The number of hydrogen-bond donors (Lipinski definition) is 1. The minimum atomic E-state index is 0.00141. The van der Waals surface area contributed by atoms with Crippen molar-refractivity contribution in [2.45, 2.75) is 32.2 Å². The molecule has 22 heavy (non-hydrogen) atoms. The average molecular weight is 303 g/mol. The first-order valence-corrected chi connectivity index (χ1v) is 8.12. The number of piperidine rings is 1. The van der Waals surface area contributed by atoms with Crippen molar-refractivity contribution in [3.63, 3.8) is 0 Å². The molecule has 3 rings (SSSR count). The van der Waals surface area contributed by atoms with Crippen molar-refractivity contribution < 1.29 is 9.53 Å². The third-order valence-electron chi connectivity index (χ3n) is 4.73. The van der Waals surface area contributed by atoms with Gasteiger partial charge in [-0.25, -0.2) is 4.79 Å². The summed E-state index contributed by atoms with van der Waals surface area (Å²) >= 11 is 0. The van der Waals surface area contributed by atoms with Crippen LogP contribution in [0.25, 0.3) is 0 Å². The molecule has 1 N–H and O–H groups in total. The number of likely N-dealkylation sites (tertiary alicyclic amines) is 2. The molecule has 120 valence electrons. The lowest BCUT2D eigenvalue weighted by atomic mass is 10.0. The van der Waals surface area contributed by atoms with Crippen LogP contribution >= 0.6 is 0 Å². The van der Waals surface area contributed by atoms with Crippen LogP contribution in [0.1, 0.15) is 24.8 Å². The predicted molar refractivity (Wildman–Crippen MR) is 87.5 cm³/mol. The normalized spacial score (nSPS) is 19.6. The Hall–Kier alpha value is -1.75. The molecule has 5 heteroatoms. The summed E-state index contributed by atoms with van der Waals surface area (Å²) in [5.41, 5.74) is 1.87. The summed E-state index contributed by atoms with van der Waals surface area (Å²) in [4.78, 5) is 16.7. The third kappa shape index (κ3) is 3.19. The minimum absolute atomic E-state index is 0.00141. The number of benzene rings is 1. The maximum absolute atomic E-state index is 12.3. The zero-order chi connectivity index (χ0) is 15.5. The Bertz CT molecular complexity index is 535. The molecule has 0 spiro atoms. The fraction of sp³-hybridized carbons (Fsp3) is 0.588. The largest absolute Gasteiger partial charge is 0.497 e. The number of anilines is 1. The maximum Gasteiger partial charge on any atom is 0.321 e. The van der Waals surface area contributed by atoms with Crippen LogP contribution in [-0.4, -0.2) is 55.2 Å². The van der Waals surface area contributed by atoms with Crippen LogP contribution in [0.2, 0.25) is 0 Å². The van der Waals surface area contributed by atoms with Gasteiger partial charge in [-0.2, -0.15) is 0 Å². The number of amides is 2. The van der Waals surface area contributed by atoms with Gasteiger partial charge in [-0.05, 0) is 56.6 Å². The van der Waals surface area contributed by atoms with Crippen LogP contribution in [0.4, 0.5) is 10.5 Å². The lowest BCUT2D eigenvalue weighted by Crippen LogP contribution is -2.62. The van der Waals surface area contributed by atoms with Crippen LogP contribution in [0.5, 0.6) is 5.75 Å². The molecule has 0 radical (unpaired) electrons. The van der Waals surface area contributed by atoms with Gasteiger partial charge in [0, 0.05) is 24.8 Å². The van der Waals surface area contributed by atoms with Gasteiger partial charge in [-0.1, -0.05) is 6.42 Å². The smallest absolute Gasteiger partial charge is 0.321 e. The molecule has 2 amide bonds. The number of aryl methyl sites for hydroxylation is 1. The van der Waals surface area contributed by atoms with Crippen LogP contribution in [0.15, 0.2) is 18.2 Å². The SMILES string of the molecule is COc1ccc(NC(=O)N2CC(N3CCCCC3)C2)c(C)c1. The second-order valence-corrected chi connectivity index (χ2v) is 6.27. The molecular weight excluding hydrogens is 278 g/mol. The number of carbonyl (C=O) groups is 1. The summed E-state index contributed by atoms with van der Waals surface area (Å²) in [6.45, 7) is 6.06. The highest BCUT2D eigenvalue weighted by molar-refractivity contribution is 5.90. The average Bonchev–Trinajstić information content (AvgIpc) is 2.49. The Morgan fingerprint density at radius 1 is 1.23 bits per heavy atom. The predicted octanol–water partition coefficient (Wildman–Crippen LogP) is 2.71. The first-order chi connectivity index (χ1) is 10.7. The lowest BCUT2D eigenvalue weighted by Gasteiger charge is -2.46. The van der Waals surface area contributed by atoms with E-state index in [1.54, 1.807) is 7.11 Å². The number of hydrogen-bond acceptors (Lipinski definition) is 3. The molecule has 2 heterocycles. The standard InChI is InChI=1S/C17H25N3O2/c1-13-10-15(22-2)6-7-16(13)18-17(21)20-11-14(12-20)19-8-4-3-5-9-19/h6-7,10,14H,3-5,8-9,11-12H2,1-2H3,(H,18,21). The molecule has 0 aliphatic carbocycles. The highest BCUT2D eigenvalue weighted by Gasteiger charge is 2.35. The van der Waals surface area contributed by atoms with E-state index >= 15 is 0 Å². The van der Waals surface area contributed by atoms with Crippen LogP contribution < -0.4 is 10.1 Å². The Labute approximate surface area is 132 Å². The summed E-state index contributed by atoms with van der Waals surface area (Å²) in [6.07, 6.45) is 3.95. The van der Waals surface area contributed by atoms with E-state index in [0.29, 0.717) is 6.04 Å². The molecule has 2 aliphatic heterocycles. The third-order valence-corrected chi connectivity index (χ3v) is 4.73. The molecule has 2 fully saturated rings. The molecule has 0 unspecified atom stereocenters. The number of ether oxygens (including phenoxy) is 1. The second kappa shape index (κ2) is 6.57. The van der Waals surface area contributed by atoms with Crippen LogP contribution in [0.3, 0.4) is 0 Å². The van der Waals surface area contributed by atoms with Crippen molar-refractivity contribution in [1.29, 1.82) is 0 Å². The zero-order valence-corrected chi connectivity index (χ0v) is 13.5. The summed E-state index contributed by atoms with van der Waals surface area (Å²) in [5.74, 6) is 0.810. The van der Waals surface area contributed by atoms with E-state index < -0.39 is 0 Å². The highest BCUT2D eigenvalue weighted by atomic mass is 16.5. The highest BCUT2D eigenvalue weighted by Crippen LogP contribution is 2.24. The van der Waals surface area contributed by atoms with Gasteiger partial charge in [0.15, 0.2) is 0 Å². The maximum atomic E-state index is 12.3. The van der Waals surface area contributed by atoms with Gasteiger partial charge in [0.1, 0.15) is 5.75 Å². The van der Waals surface area contributed by atoms with Gasteiger partial charge in [-0.3, -0.25) is 4.90 Å². The Balaban J connectivity index is 1.51. The van der Waals surface area contributed by atoms with Crippen molar-refractivity contribution in [3.8, 4) is 5.75 Å². The Morgan fingerprint density at radius 3 is 2.59 bits per heavy atom. The molecular formula is C17H25N3O2. The van der Waals surface area contributed by atoms with E-state index in [-0.39, 0.29) is 6.03 Å². The van der Waals surface area contributed by atoms with E-state index in [4.69, 9.17) is 4.74 Å². The van der Waals surface area contributed by atoms with E-state index in [1.165, 1.54) is 32.4 Å². The molecule has 0 atom stereocenters. The van der Waals surface area contributed by atoms with E-state index in [9.17, 15) is 4.79 Å². The van der Waals surface area contributed by atoms with E-state index in [1.807, 2.05) is 30.0 Å². The lowest BCUT2D eigenvalue weighted by molar-refractivity contribution is 0.0493. The molecule has 1 aromatic rings. The molecule has 2 aliphatic rings. The summed E-state index contributed by atoms with van der Waals surface area (Å²) in [5, 5.41) is 3.00. The van der Waals surface area contributed by atoms with E-state index in [2.05, 4.69) is 10.2 Å². The number of rotatable bonds is 3. The van der Waals surface area contributed by atoms with Crippen molar-refractivity contribution >= 4 is 11.7 Å². The van der Waals surface area contributed by atoms with Gasteiger partial charge in [-0.15, -0.1) is 0 Å². The van der Waals surface area contributed by atoms with Crippen molar-refractivity contribution in [2.75, 3.05) is 38.6 Å². The number of carbonyl (C=O) groups excluding carboxylic acids is 1. The topological polar surface area (TPSA) is 44.8 Å². The van der Waals surface area contributed by atoms with Gasteiger partial charge >= 0.3 is 6.03 Å². The number of methoxy groups -OCH3 is 1. The fourth-order valence-corrected chi connectivity index (χ4v) is 3.23. The van der Waals surface area contributed by atoms with Gasteiger partial charge in [0.2, 0.25) is 0 Å². The Kier molecular flexibility index (Phi) is 4.52. The van der Waals surface area contributed by atoms with Crippen molar-refractivity contribution in [1.82, 2.24) is 9.80 Å². The van der Waals surface area contributed by atoms with Crippen LogP contribution in [-0.2, 0) is 0 Å². The van der Waals surface area contributed by atoms with Gasteiger partial charge < -0.3 is 15.0 Å². The number of urea groups is 1. The quantitative estimate of drug-likeness (QED) is 0.934. The second-order valence-electron chi connectivity index (χ2n) is 6.27.